The van der Waals surface area contributed by atoms with Crippen molar-refractivity contribution >= 4 is 29.2 Å². The second-order valence-corrected chi connectivity index (χ2v) is 4.11. The van der Waals surface area contributed by atoms with E-state index in [1.165, 1.54) is 5.56 Å². The first-order chi connectivity index (χ1) is 8.74. The minimum Gasteiger partial charge on any atom is -0.463 e. The predicted octanol–water partition coefficient (Wildman–Crippen LogP) is 2.91. The summed E-state index contributed by atoms with van der Waals surface area (Å²) in [6, 6.07) is 11.5. The third kappa shape index (κ3) is 3.71. The van der Waals surface area contributed by atoms with Gasteiger partial charge in [0, 0.05) is 5.69 Å². The number of aryl methyl sites for hydroxylation is 1. The molecule has 4 nitrogen and oxygen atoms in total. The molecule has 0 amide bonds. The lowest BCUT2D eigenvalue weighted by molar-refractivity contribution is 0.560. The topological polar surface area (TPSA) is 49.6 Å². The highest BCUT2D eigenvalue weighted by Gasteiger charge is 1.95. The fourth-order valence-corrected chi connectivity index (χ4v) is 1.49. The van der Waals surface area contributed by atoms with Gasteiger partial charge in [0.2, 0.25) is 0 Å². The van der Waals surface area contributed by atoms with E-state index in [2.05, 4.69) is 15.8 Å². The molecule has 1 aromatic heterocycles. The van der Waals surface area contributed by atoms with Crippen molar-refractivity contribution in [3.05, 3.63) is 54.0 Å². The molecule has 2 N–H and O–H groups in total. The Morgan fingerprint density at radius 3 is 2.72 bits per heavy atom. The average molecular weight is 259 g/mol. The van der Waals surface area contributed by atoms with Crippen molar-refractivity contribution in [1.29, 1.82) is 0 Å². The van der Waals surface area contributed by atoms with Gasteiger partial charge in [-0.05, 0) is 43.4 Å². The van der Waals surface area contributed by atoms with Crippen LogP contribution in [0.1, 0.15) is 11.3 Å². The number of nitrogens with zero attached hydrogens (tertiary/aromatic N) is 1. The molecule has 5 heteroatoms. The van der Waals surface area contributed by atoms with E-state index in [1.54, 1.807) is 18.5 Å². The van der Waals surface area contributed by atoms with Gasteiger partial charge < -0.3 is 9.73 Å². The fourth-order valence-electron chi connectivity index (χ4n) is 1.32. The summed E-state index contributed by atoms with van der Waals surface area (Å²) in [5.74, 6) is 0.667. The molecular formula is C13H13N3OS. The number of hydrogen-bond donors (Lipinski definition) is 2. The van der Waals surface area contributed by atoms with Crippen LogP contribution in [0.2, 0.25) is 0 Å². The largest absolute Gasteiger partial charge is 0.463 e. The first kappa shape index (κ1) is 12.3. The Hall–Kier alpha value is -2.14. The Balaban J connectivity index is 1.84. The van der Waals surface area contributed by atoms with Crippen LogP contribution in [-0.4, -0.2) is 11.3 Å². The highest BCUT2D eigenvalue weighted by molar-refractivity contribution is 7.80. The number of rotatable bonds is 3. The monoisotopic (exact) mass is 259 g/mol. The zero-order valence-corrected chi connectivity index (χ0v) is 10.7. The van der Waals surface area contributed by atoms with Gasteiger partial charge in [-0.2, -0.15) is 5.10 Å². The van der Waals surface area contributed by atoms with E-state index < -0.39 is 0 Å². The van der Waals surface area contributed by atoms with Gasteiger partial charge in [0.1, 0.15) is 5.76 Å². The van der Waals surface area contributed by atoms with Crippen molar-refractivity contribution < 1.29 is 4.42 Å². The molecule has 0 aliphatic heterocycles. The third-order valence-corrected chi connectivity index (χ3v) is 2.40. The van der Waals surface area contributed by atoms with Crippen LogP contribution in [0.3, 0.4) is 0 Å². The zero-order chi connectivity index (χ0) is 12.8. The van der Waals surface area contributed by atoms with Crippen LogP contribution >= 0.6 is 12.2 Å². The molecule has 0 aliphatic rings. The van der Waals surface area contributed by atoms with Gasteiger partial charge in [0.25, 0.3) is 0 Å². The summed E-state index contributed by atoms with van der Waals surface area (Å²) < 4.78 is 5.09. The second kappa shape index (κ2) is 5.97. The summed E-state index contributed by atoms with van der Waals surface area (Å²) >= 11 is 5.10. The molecule has 1 heterocycles. The maximum atomic E-state index is 5.10. The standard InChI is InChI=1S/C13H13N3OS/c1-10-4-6-11(7-5-10)15-13(18)16-14-9-12-3-2-8-17-12/h2-9H,1H3,(H2,15,16,18)/b14-9+. The van der Waals surface area contributed by atoms with Gasteiger partial charge >= 0.3 is 0 Å². The van der Waals surface area contributed by atoms with Crippen LogP contribution in [0.25, 0.3) is 0 Å². The van der Waals surface area contributed by atoms with Crippen LogP contribution in [-0.2, 0) is 0 Å². The number of thiocarbonyl (C=S) groups is 1. The maximum absolute atomic E-state index is 5.10. The van der Waals surface area contributed by atoms with Gasteiger partial charge in [0.05, 0.1) is 12.5 Å². The number of anilines is 1. The molecule has 0 fully saturated rings. The molecule has 1 aromatic carbocycles. The lowest BCUT2D eigenvalue weighted by atomic mass is 10.2. The van der Waals surface area contributed by atoms with Gasteiger partial charge in [-0.15, -0.1) is 0 Å². The molecule has 0 saturated carbocycles. The molecule has 0 atom stereocenters. The molecule has 92 valence electrons. The van der Waals surface area contributed by atoms with Crippen molar-refractivity contribution in [2.45, 2.75) is 6.92 Å². The van der Waals surface area contributed by atoms with E-state index in [-0.39, 0.29) is 0 Å². The van der Waals surface area contributed by atoms with Gasteiger partial charge in [0.15, 0.2) is 5.11 Å². The lowest BCUT2D eigenvalue weighted by Gasteiger charge is -2.06. The SMILES string of the molecule is Cc1ccc(NC(=S)N/N=C/c2ccco2)cc1. The van der Waals surface area contributed by atoms with Crippen molar-refractivity contribution in [3.63, 3.8) is 0 Å². The normalized spacial score (nSPS) is 10.5. The van der Waals surface area contributed by atoms with E-state index in [1.807, 2.05) is 37.3 Å². The Morgan fingerprint density at radius 2 is 2.06 bits per heavy atom. The summed E-state index contributed by atoms with van der Waals surface area (Å²) in [6.07, 6.45) is 3.15. The summed E-state index contributed by atoms with van der Waals surface area (Å²) in [5.41, 5.74) is 4.84. The molecule has 18 heavy (non-hydrogen) atoms. The van der Waals surface area contributed by atoms with Crippen LogP contribution in [0.5, 0.6) is 0 Å². The van der Waals surface area contributed by atoms with Crippen molar-refractivity contribution in [1.82, 2.24) is 5.43 Å². The lowest BCUT2D eigenvalue weighted by Crippen LogP contribution is -2.23. The van der Waals surface area contributed by atoms with E-state index >= 15 is 0 Å². The molecule has 2 aromatic rings. The van der Waals surface area contributed by atoms with Crippen LogP contribution in [0.15, 0.2) is 52.2 Å². The molecule has 0 unspecified atom stereocenters. The molecule has 0 bridgehead atoms. The van der Waals surface area contributed by atoms with E-state index in [0.717, 1.165) is 5.69 Å². The molecule has 0 saturated heterocycles. The molecular weight excluding hydrogens is 246 g/mol. The fraction of sp³-hybridized carbons (Fsp3) is 0.0769. The average Bonchev–Trinajstić information content (AvgIpc) is 2.85. The van der Waals surface area contributed by atoms with E-state index in [9.17, 15) is 0 Å². The summed E-state index contributed by atoms with van der Waals surface area (Å²) in [7, 11) is 0. The number of benzene rings is 1. The number of hydrazone groups is 1. The summed E-state index contributed by atoms with van der Waals surface area (Å²) in [4.78, 5) is 0. The van der Waals surface area contributed by atoms with Crippen LogP contribution in [0.4, 0.5) is 5.69 Å². The van der Waals surface area contributed by atoms with E-state index in [0.29, 0.717) is 10.9 Å². The molecule has 0 radical (unpaired) electrons. The smallest absolute Gasteiger partial charge is 0.191 e. The molecule has 0 aliphatic carbocycles. The van der Waals surface area contributed by atoms with Crippen LogP contribution in [0, 0.1) is 6.92 Å². The Kier molecular flexibility index (Phi) is 4.09. The number of hydrogen-bond acceptors (Lipinski definition) is 3. The third-order valence-electron chi connectivity index (χ3n) is 2.21. The molecule has 2 rings (SSSR count). The highest BCUT2D eigenvalue weighted by atomic mass is 32.1. The van der Waals surface area contributed by atoms with Crippen LogP contribution < -0.4 is 10.7 Å². The Labute approximate surface area is 111 Å². The number of furan rings is 1. The first-order valence-electron chi connectivity index (χ1n) is 5.44. The minimum atomic E-state index is 0.432. The summed E-state index contributed by atoms with van der Waals surface area (Å²) in [6.45, 7) is 2.04. The quantitative estimate of drug-likeness (QED) is 0.505. The van der Waals surface area contributed by atoms with Crippen molar-refractivity contribution in [3.8, 4) is 0 Å². The Morgan fingerprint density at radius 1 is 1.28 bits per heavy atom. The van der Waals surface area contributed by atoms with Gasteiger partial charge in [-0.3, -0.25) is 5.43 Å². The highest BCUT2D eigenvalue weighted by Crippen LogP contribution is 2.08. The maximum Gasteiger partial charge on any atom is 0.191 e. The van der Waals surface area contributed by atoms with Crippen molar-refractivity contribution in [2.75, 3.05) is 5.32 Å². The second-order valence-electron chi connectivity index (χ2n) is 3.71. The Bertz CT molecular complexity index is 532. The van der Waals surface area contributed by atoms with E-state index in [4.69, 9.17) is 16.6 Å². The first-order valence-corrected chi connectivity index (χ1v) is 5.85. The number of nitrogens with one attached hydrogen (secondary N) is 2. The van der Waals surface area contributed by atoms with Gasteiger partial charge in [-0.25, -0.2) is 0 Å². The molecule has 0 spiro atoms. The zero-order valence-electron chi connectivity index (χ0n) is 9.88. The predicted molar refractivity (Wildman–Crippen MR) is 76.8 cm³/mol. The van der Waals surface area contributed by atoms with Gasteiger partial charge in [-0.1, -0.05) is 17.7 Å². The summed E-state index contributed by atoms with van der Waals surface area (Å²) in [5, 5.41) is 7.41. The van der Waals surface area contributed by atoms with Crippen molar-refractivity contribution in [2.24, 2.45) is 5.10 Å². The minimum absolute atomic E-state index is 0.432.